The molecule has 2 aromatic heterocycles. The van der Waals surface area contributed by atoms with Crippen LogP contribution in [0.5, 0.6) is 11.5 Å². The van der Waals surface area contributed by atoms with Crippen molar-refractivity contribution in [1.82, 2.24) is 25.3 Å². The Morgan fingerprint density at radius 1 is 1.23 bits per heavy atom. The van der Waals surface area contributed by atoms with Crippen LogP contribution in [-0.2, 0) is 11.3 Å². The lowest BCUT2D eigenvalue weighted by Crippen LogP contribution is -2.29. The van der Waals surface area contributed by atoms with Crippen LogP contribution < -0.4 is 10.1 Å². The van der Waals surface area contributed by atoms with E-state index in [2.05, 4.69) is 20.6 Å². The lowest BCUT2D eigenvalue weighted by atomic mass is 10.2. The van der Waals surface area contributed by atoms with Gasteiger partial charge in [0.1, 0.15) is 23.7 Å². The van der Waals surface area contributed by atoms with Crippen molar-refractivity contribution >= 4 is 23.5 Å². The second-order valence-electron chi connectivity index (χ2n) is 6.19. The third-order valence-electron chi connectivity index (χ3n) is 3.93. The summed E-state index contributed by atoms with van der Waals surface area (Å²) in [6.07, 6.45) is 3.73. The summed E-state index contributed by atoms with van der Waals surface area (Å²) in [5.41, 5.74) is 0.659. The summed E-state index contributed by atoms with van der Waals surface area (Å²) in [6, 6.07) is 8.42. The Bertz CT molecular complexity index is 1040. The minimum Gasteiger partial charge on any atom is -0.505 e. The van der Waals surface area contributed by atoms with Gasteiger partial charge in [-0.1, -0.05) is 16.8 Å². The Morgan fingerprint density at radius 2 is 2.00 bits per heavy atom. The average molecular weight is 432 g/mol. The second kappa shape index (κ2) is 9.70. The Morgan fingerprint density at radius 3 is 2.70 bits per heavy atom. The molecule has 0 saturated heterocycles. The number of nitrogens with one attached hydrogen (secondary N) is 1. The number of hydrogen-bond acceptors (Lipinski definition) is 7. The first-order valence-electron chi connectivity index (χ1n) is 8.90. The highest BCUT2D eigenvalue weighted by Gasteiger charge is 2.16. The van der Waals surface area contributed by atoms with Crippen molar-refractivity contribution < 1.29 is 24.5 Å². The molecular formula is C19H18ClN5O5. The fourth-order valence-electron chi connectivity index (χ4n) is 2.50. The van der Waals surface area contributed by atoms with Gasteiger partial charge in [-0.2, -0.15) is 0 Å². The summed E-state index contributed by atoms with van der Waals surface area (Å²) in [7, 11) is 0. The summed E-state index contributed by atoms with van der Waals surface area (Å²) in [5.74, 6) is -1.64. The third kappa shape index (κ3) is 5.67. The summed E-state index contributed by atoms with van der Waals surface area (Å²) in [4.78, 5) is 26.2. The number of aliphatic carboxylic acids is 1. The number of carbonyl (C=O) groups is 2. The molecule has 2 heterocycles. The molecule has 0 fully saturated rings. The number of aromatic hydroxyl groups is 1. The van der Waals surface area contributed by atoms with Crippen LogP contribution in [0.15, 0.2) is 42.7 Å². The molecule has 30 heavy (non-hydrogen) atoms. The zero-order valence-corrected chi connectivity index (χ0v) is 16.4. The van der Waals surface area contributed by atoms with E-state index in [4.69, 9.17) is 21.4 Å². The molecule has 1 amide bonds. The van der Waals surface area contributed by atoms with E-state index in [0.29, 0.717) is 35.9 Å². The smallest absolute Gasteiger partial charge is 0.322 e. The van der Waals surface area contributed by atoms with Crippen LogP contribution in [0.4, 0.5) is 0 Å². The van der Waals surface area contributed by atoms with Gasteiger partial charge in [-0.25, -0.2) is 4.98 Å². The molecule has 0 unspecified atom stereocenters. The number of rotatable bonds is 9. The molecule has 11 heteroatoms. The first kappa shape index (κ1) is 21.1. The van der Waals surface area contributed by atoms with Crippen LogP contribution in [0.1, 0.15) is 16.9 Å². The number of aromatic nitrogens is 4. The molecule has 3 N–H and O–H groups in total. The van der Waals surface area contributed by atoms with Gasteiger partial charge < -0.3 is 20.3 Å². The summed E-state index contributed by atoms with van der Waals surface area (Å²) in [5, 5.41) is 29.5. The quantitative estimate of drug-likeness (QED) is 0.437. The van der Waals surface area contributed by atoms with Crippen LogP contribution in [0.3, 0.4) is 0 Å². The van der Waals surface area contributed by atoms with Crippen molar-refractivity contribution in [2.75, 3.05) is 13.2 Å². The van der Waals surface area contributed by atoms with Crippen LogP contribution in [-0.4, -0.2) is 55.2 Å². The number of nitrogens with zero attached hydrogens (tertiary/aromatic N) is 4. The summed E-state index contributed by atoms with van der Waals surface area (Å²) < 4.78 is 7.25. The Balaban J connectivity index is 1.54. The molecule has 0 aliphatic rings. The van der Waals surface area contributed by atoms with Crippen molar-refractivity contribution in [2.24, 2.45) is 0 Å². The molecule has 0 bridgehead atoms. The van der Waals surface area contributed by atoms with Gasteiger partial charge in [-0.05, 0) is 30.3 Å². The number of carboxylic acids is 1. The van der Waals surface area contributed by atoms with Gasteiger partial charge in [-0.15, -0.1) is 5.10 Å². The van der Waals surface area contributed by atoms with Crippen LogP contribution in [0.2, 0.25) is 5.02 Å². The number of carboxylic acid groups (broad SMARTS) is 1. The molecule has 0 saturated carbocycles. The minimum atomic E-state index is -1.20. The number of ether oxygens (including phenoxy) is 1. The Kier molecular flexibility index (Phi) is 6.81. The topological polar surface area (TPSA) is 139 Å². The van der Waals surface area contributed by atoms with Crippen molar-refractivity contribution in [1.29, 1.82) is 0 Å². The van der Waals surface area contributed by atoms with Gasteiger partial charge >= 0.3 is 5.97 Å². The molecule has 0 radical (unpaired) electrons. The molecule has 0 atom stereocenters. The fraction of sp³-hybridized carbons (Fsp3) is 0.211. The molecule has 0 aliphatic carbocycles. The van der Waals surface area contributed by atoms with Crippen LogP contribution >= 0.6 is 11.6 Å². The monoisotopic (exact) mass is 431 g/mol. The SMILES string of the molecule is O=C(O)CNC(=O)c1ncc(-c2cn(CCCOc3ccc(Cl)cc3)nn2)cc1O. The third-order valence-corrected chi connectivity index (χ3v) is 4.18. The number of aryl methyl sites for hydroxylation is 1. The fourth-order valence-corrected chi connectivity index (χ4v) is 2.62. The highest BCUT2D eigenvalue weighted by molar-refractivity contribution is 6.30. The lowest BCUT2D eigenvalue weighted by molar-refractivity contribution is -0.135. The summed E-state index contributed by atoms with van der Waals surface area (Å²) >= 11 is 5.83. The highest BCUT2D eigenvalue weighted by atomic mass is 35.5. The van der Waals surface area contributed by atoms with Gasteiger partial charge in [0.05, 0.1) is 12.8 Å². The van der Waals surface area contributed by atoms with Crippen molar-refractivity contribution in [2.45, 2.75) is 13.0 Å². The van der Waals surface area contributed by atoms with E-state index in [-0.39, 0.29) is 11.4 Å². The number of pyridine rings is 1. The van der Waals surface area contributed by atoms with E-state index in [1.807, 2.05) is 0 Å². The van der Waals surface area contributed by atoms with E-state index in [9.17, 15) is 14.7 Å². The summed E-state index contributed by atoms with van der Waals surface area (Å²) in [6.45, 7) is 0.479. The van der Waals surface area contributed by atoms with Crippen molar-refractivity contribution in [3.63, 3.8) is 0 Å². The number of halogens is 1. The van der Waals surface area contributed by atoms with Crippen molar-refractivity contribution in [3.8, 4) is 22.8 Å². The normalized spacial score (nSPS) is 10.6. The molecule has 156 valence electrons. The van der Waals surface area contributed by atoms with Gasteiger partial charge in [0.15, 0.2) is 5.69 Å². The van der Waals surface area contributed by atoms with E-state index in [1.54, 1.807) is 35.1 Å². The largest absolute Gasteiger partial charge is 0.505 e. The van der Waals surface area contributed by atoms with Gasteiger partial charge in [0.2, 0.25) is 0 Å². The molecule has 1 aromatic carbocycles. The first-order valence-corrected chi connectivity index (χ1v) is 9.28. The van der Waals surface area contributed by atoms with E-state index in [0.717, 1.165) is 5.75 Å². The predicted molar refractivity (Wildman–Crippen MR) is 106 cm³/mol. The van der Waals surface area contributed by atoms with Gasteiger partial charge in [-0.3, -0.25) is 14.3 Å². The first-order chi connectivity index (χ1) is 14.4. The molecule has 3 rings (SSSR count). The van der Waals surface area contributed by atoms with Crippen molar-refractivity contribution in [3.05, 3.63) is 53.4 Å². The Labute approximate surface area is 176 Å². The molecule has 0 aliphatic heterocycles. The number of amides is 1. The average Bonchev–Trinajstić information content (AvgIpc) is 3.19. The maximum atomic E-state index is 11.8. The van der Waals surface area contributed by atoms with Gasteiger partial charge in [0.25, 0.3) is 5.91 Å². The molecule has 0 spiro atoms. The number of hydrogen-bond donors (Lipinski definition) is 3. The van der Waals surface area contributed by atoms with E-state index in [1.165, 1.54) is 12.3 Å². The molecule has 3 aromatic rings. The van der Waals surface area contributed by atoms with E-state index >= 15 is 0 Å². The molecule has 10 nitrogen and oxygen atoms in total. The zero-order chi connectivity index (χ0) is 21.5. The minimum absolute atomic E-state index is 0.272. The van der Waals surface area contributed by atoms with Gasteiger partial charge in [0, 0.05) is 29.7 Å². The zero-order valence-electron chi connectivity index (χ0n) is 15.7. The second-order valence-corrected chi connectivity index (χ2v) is 6.63. The molecular weight excluding hydrogens is 414 g/mol. The maximum absolute atomic E-state index is 11.8. The lowest BCUT2D eigenvalue weighted by Gasteiger charge is -2.06. The maximum Gasteiger partial charge on any atom is 0.322 e. The van der Waals surface area contributed by atoms with E-state index < -0.39 is 18.4 Å². The standard InChI is InChI=1S/C19H18ClN5O5/c20-13-2-4-14(5-3-13)30-7-1-6-25-11-15(23-24-25)12-8-16(26)18(21-9-12)19(29)22-10-17(27)28/h2-5,8-9,11,26H,1,6-7,10H2,(H,22,29)(H,27,28). The van der Waals surface area contributed by atoms with Crippen LogP contribution in [0, 0.1) is 0 Å². The highest BCUT2D eigenvalue weighted by Crippen LogP contribution is 2.23. The number of carbonyl (C=O) groups excluding carboxylic acids is 1. The number of benzene rings is 1. The van der Waals surface area contributed by atoms with Crippen LogP contribution in [0.25, 0.3) is 11.3 Å². The predicted octanol–water partition coefficient (Wildman–Crippen LogP) is 1.98. The Hall–Kier alpha value is -3.66.